The van der Waals surface area contributed by atoms with Gasteiger partial charge in [-0.25, -0.2) is 4.79 Å². The quantitative estimate of drug-likeness (QED) is 0.662. The molecule has 0 unspecified atom stereocenters. The molecule has 1 fully saturated rings. The summed E-state index contributed by atoms with van der Waals surface area (Å²) in [4.78, 5) is 25.5. The first-order valence-corrected chi connectivity index (χ1v) is 6.83. The molecular weight excluding hydrogens is 260 g/mol. The molecule has 0 spiro atoms. The zero-order valence-electron chi connectivity index (χ0n) is 12.2. The number of aliphatic hydroxyl groups excluding tert-OH is 1. The molecule has 1 atom stereocenters. The molecule has 2 N–H and O–H groups in total. The normalized spacial score (nSPS) is 17.4. The Kier molecular flexibility index (Phi) is 5.56. The van der Waals surface area contributed by atoms with Gasteiger partial charge in [0.2, 0.25) is 0 Å². The van der Waals surface area contributed by atoms with E-state index in [-0.39, 0.29) is 11.4 Å². The molecule has 0 bridgehead atoms. The molecule has 114 valence electrons. The van der Waals surface area contributed by atoms with Crippen LogP contribution >= 0.6 is 0 Å². The van der Waals surface area contributed by atoms with Gasteiger partial charge in [-0.05, 0) is 18.3 Å². The Hall–Kier alpha value is -1.56. The molecule has 0 radical (unpaired) electrons. The van der Waals surface area contributed by atoms with Gasteiger partial charge >= 0.3 is 12.0 Å². The second-order valence-corrected chi connectivity index (χ2v) is 5.95. The molecule has 2 amide bonds. The maximum absolute atomic E-state index is 12.1. The Labute approximate surface area is 119 Å². The average molecular weight is 284 g/mol. The van der Waals surface area contributed by atoms with Gasteiger partial charge in [0, 0.05) is 19.6 Å². The summed E-state index contributed by atoms with van der Waals surface area (Å²) in [5.74, 6) is -1.11. The van der Waals surface area contributed by atoms with Crippen molar-refractivity contribution in [1.29, 1.82) is 0 Å². The van der Waals surface area contributed by atoms with Crippen LogP contribution in [-0.2, 0) is 4.79 Å². The highest BCUT2D eigenvalue weighted by molar-refractivity contribution is 5.77. The van der Waals surface area contributed by atoms with E-state index < -0.39 is 18.6 Å². The Morgan fingerprint density at radius 2 is 2.15 bits per heavy atom. The number of aliphatic carboxylic acids is 1. The standard InChI is InChI=1S/C14H24N2O4/c1-4-5-14(2,3)6-7-15-8-9-16(13(15)20)11(17)10-12(18)19/h4,11,17H,1,5-10H2,2-3H3,(H,18,19)/t11-/m1/s1. The van der Waals surface area contributed by atoms with E-state index in [4.69, 9.17) is 5.11 Å². The van der Waals surface area contributed by atoms with E-state index in [0.717, 1.165) is 12.8 Å². The van der Waals surface area contributed by atoms with Gasteiger partial charge in [-0.2, -0.15) is 0 Å². The van der Waals surface area contributed by atoms with Crippen LogP contribution in [-0.4, -0.2) is 57.9 Å². The number of carboxylic acids is 1. The predicted molar refractivity (Wildman–Crippen MR) is 75.1 cm³/mol. The molecule has 0 aromatic heterocycles. The summed E-state index contributed by atoms with van der Waals surface area (Å²) in [6, 6.07) is -0.284. The number of carbonyl (C=O) groups is 2. The summed E-state index contributed by atoms with van der Waals surface area (Å²) in [6.45, 7) is 9.47. The highest BCUT2D eigenvalue weighted by Gasteiger charge is 2.34. The lowest BCUT2D eigenvalue weighted by Crippen LogP contribution is -2.41. The van der Waals surface area contributed by atoms with Gasteiger partial charge in [0.25, 0.3) is 0 Å². The number of hydrogen-bond acceptors (Lipinski definition) is 3. The summed E-state index contributed by atoms with van der Waals surface area (Å²) in [7, 11) is 0. The second kappa shape index (κ2) is 6.74. The van der Waals surface area contributed by atoms with Crippen LogP contribution in [0.15, 0.2) is 12.7 Å². The second-order valence-electron chi connectivity index (χ2n) is 5.95. The van der Waals surface area contributed by atoms with Crippen molar-refractivity contribution in [2.45, 2.75) is 39.3 Å². The van der Waals surface area contributed by atoms with Gasteiger partial charge in [0.1, 0.15) is 6.23 Å². The van der Waals surface area contributed by atoms with Crippen LogP contribution in [0, 0.1) is 5.41 Å². The molecule has 20 heavy (non-hydrogen) atoms. The molecule has 0 saturated carbocycles. The number of amides is 2. The van der Waals surface area contributed by atoms with Crippen molar-refractivity contribution in [1.82, 2.24) is 9.80 Å². The van der Waals surface area contributed by atoms with Crippen LogP contribution < -0.4 is 0 Å². The maximum atomic E-state index is 12.1. The molecule has 1 saturated heterocycles. The fraction of sp³-hybridized carbons (Fsp3) is 0.714. The minimum Gasteiger partial charge on any atom is -0.481 e. The van der Waals surface area contributed by atoms with Crippen molar-refractivity contribution in [3.63, 3.8) is 0 Å². The summed E-state index contributed by atoms with van der Waals surface area (Å²) in [5.41, 5.74) is 0.0785. The molecule has 1 aliphatic heterocycles. The molecule has 0 aromatic carbocycles. The van der Waals surface area contributed by atoms with Gasteiger partial charge in [0.15, 0.2) is 0 Å². The smallest absolute Gasteiger partial charge is 0.322 e. The third-order valence-electron chi connectivity index (χ3n) is 3.60. The Morgan fingerprint density at radius 3 is 2.70 bits per heavy atom. The van der Waals surface area contributed by atoms with Crippen LogP contribution in [0.5, 0.6) is 0 Å². The Morgan fingerprint density at radius 1 is 1.50 bits per heavy atom. The number of rotatable bonds is 8. The molecule has 6 heteroatoms. The number of urea groups is 1. The van der Waals surface area contributed by atoms with E-state index in [2.05, 4.69) is 20.4 Å². The minimum atomic E-state index is -1.24. The van der Waals surface area contributed by atoms with Gasteiger partial charge in [-0.15, -0.1) is 6.58 Å². The van der Waals surface area contributed by atoms with E-state index in [0.29, 0.717) is 19.6 Å². The summed E-state index contributed by atoms with van der Waals surface area (Å²) in [5, 5.41) is 18.3. The third-order valence-corrected chi connectivity index (χ3v) is 3.60. The predicted octanol–water partition coefficient (Wildman–Crippen LogP) is 1.51. The summed E-state index contributed by atoms with van der Waals surface area (Å²) >= 11 is 0. The highest BCUT2D eigenvalue weighted by Crippen LogP contribution is 2.26. The zero-order chi connectivity index (χ0) is 15.3. The van der Waals surface area contributed by atoms with Gasteiger partial charge in [0.05, 0.1) is 6.42 Å². The van der Waals surface area contributed by atoms with Crippen molar-refractivity contribution >= 4 is 12.0 Å². The first-order valence-electron chi connectivity index (χ1n) is 6.83. The van der Waals surface area contributed by atoms with Crippen LogP contribution in [0.2, 0.25) is 0 Å². The lowest BCUT2D eigenvalue weighted by Gasteiger charge is -2.27. The summed E-state index contributed by atoms with van der Waals surface area (Å²) < 4.78 is 0. The molecule has 6 nitrogen and oxygen atoms in total. The largest absolute Gasteiger partial charge is 0.481 e. The van der Waals surface area contributed by atoms with Crippen LogP contribution in [0.4, 0.5) is 4.79 Å². The lowest BCUT2D eigenvalue weighted by molar-refractivity contribution is -0.141. The van der Waals surface area contributed by atoms with Crippen LogP contribution in [0.25, 0.3) is 0 Å². The van der Waals surface area contributed by atoms with Crippen molar-refractivity contribution in [2.24, 2.45) is 5.41 Å². The molecule has 1 rings (SSSR count). The summed E-state index contributed by atoms with van der Waals surface area (Å²) in [6.07, 6.45) is 1.90. The van der Waals surface area contributed by atoms with Gasteiger partial charge in [-0.3, -0.25) is 9.69 Å². The number of carboxylic acid groups (broad SMARTS) is 1. The molecular formula is C14H24N2O4. The highest BCUT2D eigenvalue weighted by atomic mass is 16.4. The topological polar surface area (TPSA) is 81.1 Å². The molecule has 1 heterocycles. The number of carbonyl (C=O) groups excluding carboxylic acids is 1. The van der Waals surface area contributed by atoms with E-state index in [1.165, 1.54) is 4.90 Å². The molecule has 0 aliphatic carbocycles. The monoisotopic (exact) mass is 284 g/mol. The fourth-order valence-electron chi connectivity index (χ4n) is 2.28. The molecule has 1 aliphatic rings. The van der Waals surface area contributed by atoms with Gasteiger partial charge in [-0.1, -0.05) is 19.9 Å². The van der Waals surface area contributed by atoms with Gasteiger partial charge < -0.3 is 15.1 Å². The number of aliphatic hydroxyl groups is 1. The number of hydrogen-bond donors (Lipinski definition) is 2. The van der Waals surface area contributed by atoms with Crippen molar-refractivity contribution in [2.75, 3.05) is 19.6 Å². The third kappa shape index (κ3) is 4.52. The van der Waals surface area contributed by atoms with Crippen molar-refractivity contribution in [3.05, 3.63) is 12.7 Å². The van der Waals surface area contributed by atoms with Crippen molar-refractivity contribution in [3.8, 4) is 0 Å². The van der Waals surface area contributed by atoms with E-state index >= 15 is 0 Å². The number of allylic oxidation sites excluding steroid dienone is 1. The first-order chi connectivity index (χ1) is 9.26. The average Bonchev–Trinajstić information content (AvgIpc) is 2.67. The Bertz CT molecular complexity index is 381. The van der Waals surface area contributed by atoms with Crippen LogP contribution in [0.3, 0.4) is 0 Å². The zero-order valence-corrected chi connectivity index (χ0v) is 12.2. The van der Waals surface area contributed by atoms with E-state index in [1.54, 1.807) is 4.90 Å². The lowest BCUT2D eigenvalue weighted by atomic mass is 9.85. The maximum Gasteiger partial charge on any atom is 0.322 e. The molecule has 0 aromatic rings. The van der Waals surface area contributed by atoms with E-state index in [1.807, 2.05) is 6.08 Å². The van der Waals surface area contributed by atoms with Crippen molar-refractivity contribution < 1.29 is 19.8 Å². The Balaban J connectivity index is 2.49. The fourth-order valence-corrected chi connectivity index (χ4v) is 2.28. The minimum absolute atomic E-state index is 0.0785. The SMILES string of the molecule is C=CCC(C)(C)CCN1CCN([C@H](O)CC(=O)O)C1=O. The van der Waals surface area contributed by atoms with E-state index in [9.17, 15) is 14.7 Å². The number of nitrogens with zero attached hydrogens (tertiary/aromatic N) is 2. The first kappa shape index (κ1) is 16.5. The van der Waals surface area contributed by atoms with Crippen LogP contribution in [0.1, 0.15) is 33.1 Å².